The van der Waals surface area contributed by atoms with Gasteiger partial charge in [-0.15, -0.1) is 24.0 Å². The van der Waals surface area contributed by atoms with Crippen LogP contribution in [0.25, 0.3) is 0 Å². The highest BCUT2D eigenvalue weighted by Gasteiger charge is 2.34. The van der Waals surface area contributed by atoms with Gasteiger partial charge in [-0.3, -0.25) is 0 Å². The number of hydrogen-bond donors (Lipinski definition) is 1. The number of hydrogen-bond acceptors (Lipinski definition) is 3. The van der Waals surface area contributed by atoms with Crippen molar-refractivity contribution in [1.29, 1.82) is 0 Å². The molecule has 1 N–H and O–H groups in total. The molecule has 0 aliphatic carbocycles. The molecule has 1 aromatic rings. The van der Waals surface area contributed by atoms with Gasteiger partial charge in [0.05, 0.1) is 24.8 Å². The largest absolute Gasteiger partial charge is 0.491 e. The third-order valence-corrected chi connectivity index (χ3v) is 4.41. The summed E-state index contributed by atoms with van der Waals surface area (Å²) in [4.78, 5) is 6.39. The molecule has 5 nitrogen and oxygen atoms in total. The summed E-state index contributed by atoms with van der Waals surface area (Å²) in [6, 6.07) is 4.06. The van der Waals surface area contributed by atoms with Crippen LogP contribution in [0.1, 0.15) is 38.3 Å². The van der Waals surface area contributed by atoms with E-state index in [1.54, 1.807) is 19.9 Å². The van der Waals surface area contributed by atoms with E-state index in [0.29, 0.717) is 25.0 Å². The molecule has 9 heteroatoms. The maximum Gasteiger partial charge on any atom is 0.416 e. The lowest BCUT2D eigenvalue weighted by Crippen LogP contribution is -2.41. The second kappa shape index (κ2) is 11.8. The molecule has 166 valence electrons. The first-order chi connectivity index (χ1) is 13.2. The predicted molar refractivity (Wildman–Crippen MR) is 119 cm³/mol. The number of aliphatic imine (C=N–C) groups is 1. The monoisotopic (exact) mass is 529 g/mol. The van der Waals surface area contributed by atoms with Crippen molar-refractivity contribution in [3.63, 3.8) is 0 Å². The van der Waals surface area contributed by atoms with Crippen LogP contribution in [0.4, 0.5) is 13.2 Å². The molecule has 1 unspecified atom stereocenters. The first-order valence-corrected chi connectivity index (χ1v) is 9.64. The molecule has 1 fully saturated rings. The fourth-order valence-corrected chi connectivity index (χ4v) is 3.13. The number of rotatable bonds is 7. The smallest absolute Gasteiger partial charge is 0.416 e. The SMILES string of the molecule is CCNC(=NCc1ccc(OC(C)C)cc1C(F)(F)F)N(C)CC1CCOC1.I. The molecule has 0 aromatic heterocycles. The number of nitrogens with one attached hydrogen (secondary N) is 1. The van der Waals surface area contributed by atoms with Crippen LogP contribution in [0.15, 0.2) is 23.2 Å². The molecule has 1 atom stereocenters. The second-order valence-corrected chi connectivity index (χ2v) is 7.26. The highest BCUT2D eigenvalue weighted by molar-refractivity contribution is 14.0. The van der Waals surface area contributed by atoms with E-state index in [-0.39, 0.29) is 47.9 Å². The fourth-order valence-electron chi connectivity index (χ4n) is 3.13. The topological polar surface area (TPSA) is 46.1 Å². The van der Waals surface area contributed by atoms with Gasteiger partial charge in [-0.05, 0) is 44.9 Å². The molecule has 1 heterocycles. The van der Waals surface area contributed by atoms with Gasteiger partial charge in [-0.2, -0.15) is 13.2 Å². The minimum absolute atomic E-state index is 0. The molecule has 1 aliphatic rings. The van der Waals surface area contributed by atoms with Crippen molar-refractivity contribution in [1.82, 2.24) is 10.2 Å². The maximum atomic E-state index is 13.5. The summed E-state index contributed by atoms with van der Waals surface area (Å²) in [5.41, 5.74) is -0.589. The summed E-state index contributed by atoms with van der Waals surface area (Å²) < 4.78 is 51.4. The van der Waals surface area contributed by atoms with Crippen LogP contribution in [0, 0.1) is 5.92 Å². The van der Waals surface area contributed by atoms with Crippen LogP contribution in [-0.4, -0.2) is 50.3 Å². The van der Waals surface area contributed by atoms with Gasteiger partial charge in [0.25, 0.3) is 0 Å². The molecule has 1 aromatic carbocycles. The molecule has 29 heavy (non-hydrogen) atoms. The Morgan fingerprint density at radius 3 is 2.66 bits per heavy atom. The lowest BCUT2D eigenvalue weighted by Gasteiger charge is -2.24. The summed E-state index contributed by atoms with van der Waals surface area (Å²) in [5.74, 6) is 1.21. The van der Waals surface area contributed by atoms with E-state index in [4.69, 9.17) is 9.47 Å². The Labute approximate surface area is 188 Å². The molecule has 1 saturated heterocycles. The molecule has 2 rings (SSSR count). The summed E-state index contributed by atoms with van der Waals surface area (Å²) >= 11 is 0. The van der Waals surface area contributed by atoms with Gasteiger partial charge in [0.2, 0.25) is 0 Å². The zero-order valence-corrected chi connectivity index (χ0v) is 19.7. The highest BCUT2D eigenvalue weighted by atomic mass is 127. The summed E-state index contributed by atoms with van der Waals surface area (Å²) in [5, 5.41) is 3.15. The van der Waals surface area contributed by atoms with E-state index in [2.05, 4.69) is 10.3 Å². The van der Waals surface area contributed by atoms with Crippen LogP contribution >= 0.6 is 24.0 Å². The highest BCUT2D eigenvalue weighted by Crippen LogP contribution is 2.35. The van der Waals surface area contributed by atoms with Crippen molar-refractivity contribution in [2.45, 2.75) is 46.0 Å². The minimum atomic E-state index is -4.47. The van der Waals surface area contributed by atoms with E-state index >= 15 is 0 Å². The zero-order valence-electron chi connectivity index (χ0n) is 17.4. The van der Waals surface area contributed by atoms with Gasteiger partial charge in [0.1, 0.15) is 5.75 Å². The maximum absolute atomic E-state index is 13.5. The zero-order chi connectivity index (χ0) is 20.7. The Morgan fingerprint density at radius 2 is 2.10 bits per heavy atom. The van der Waals surface area contributed by atoms with E-state index in [0.717, 1.165) is 25.6 Å². The predicted octanol–water partition coefficient (Wildman–Crippen LogP) is 4.54. The van der Waals surface area contributed by atoms with E-state index in [1.807, 2.05) is 18.9 Å². The number of halogens is 4. The standard InChI is InChI=1S/C20H30F3N3O2.HI/c1-5-24-19(26(4)12-15-8-9-27-13-15)25-11-16-6-7-17(28-14(2)3)10-18(16)20(21,22)23;/h6-7,10,14-15H,5,8-9,11-13H2,1-4H3,(H,24,25);1H. The Balaban J connectivity index is 0.00000420. The summed E-state index contributed by atoms with van der Waals surface area (Å²) in [6.45, 7) is 8.27. The lowest BCUT2D eigenvalue weighted by atomic mass is 10.1. The molecule has 0 radical (unpaired) electrons. The van der Waals surface area contributed by atoms with Crippen LogP contribution in [-0.2, 0) is 17.5 Å². The van der Waals surface area contributed by atoms with Crippen molar-refractivity contribution in [3.05, 3.63) is 29.3 Å². The van der Waals surface area contributed by atoms with Crippen LogP contribution in [0.2, 0.25) is 0 Å². The first-order valence-electron chi connectivity index (χ1n) is 9.64. The van der Waals surface area contributed by atoms with Gasteiger partial charge >= 0.3 is 6.18 Å². The van der Waals surface area contributed by atoms with Gasteiger partial charge in [0, 0.05) is 32.7 Å². The molecule has 0 bridgehead atoms. The number of alkyl halides is 3. The van der Waals surface area contributed by atoms with Crippen LogP contribution < -0.4 is 10.1 Å². The minimum Gasteiger partial charge on any atom is -0.491 e. The van der Waals surface area contributed by atoms with Crippen molar-refractivity contribution in [2.75, 3.05) is 33.4 Å². The Morgan fingerprint density at radius 1 is 1.38 bits per heavy atom. The first kappa shape index (κ1) is 25.8. The van der Waals surface area contributed by atoms with E-state index < -0.39 is 11.7 Å². The van der Waals surface area contributed by atoms with Gasteiger partial charge < -0.3 is 19.7 Å². The van der Waals surface area contributed by atoms with Gasteiger partial charge in [-0.1, -0.05) is 6.07 Å². The second-order valence-electron chi connectivity index (χ2n) is 7.26. The molecule has 0 spiro atoms. The van der Waals surface area contributed by atoms with Gasteiger partial charge in [-0.25, -0.2) is 4.99 Å². The number of benzene rings is 1. The quantitative estimate of drug-likeness (QED) is 0.320. The molecule has 0 amide bonds. The van der Waals surface area contributed by atoms with Crippen LogP contribution in [0.5, 0.6) is 5.75 Å². The number of guanidine groups is 1. The number of nitrogens with zero attached hydrogens (tertiary/aromatic N) is 2. The van der Waals surface area contributed by atoms with Crippen molar-refractivity contribution in [2.24, 2.45) is 10.9 Å². The summed E-state index contributed by atoms with van der Waals surface area (Å²) in [6.07, 6.45) is -3.68. The van der Waals surface area contributed by atoms with E-state index in [1.165, 1.54) is 6.07 Å². The summed E-state index contributed by atoms with van der Waals surface area (Å²) in [7, 11) is 1.89. The Bertz CT molecular complexity index is 663. The van der Waals surface area contributed by atoms with Crippen molar-refractivity contribution < 1.29 is 22.6 Å². The molecular weight excluding hydrogens is 498 g/mol. The van der Waals surface area contributed by atoms with Crippen LogP contribution in [0.3, 0.4) is 0 Å². The van der Waals surface area contributed by atoms with Crippen molar-refractivity contribution in [3.8, 4) is 5.75 Å². The van der Waals surface area contributed by atoms with Crippen molar-refractivity contribution >= 4 is 29.9 Å². The average Bonchev–Trinajstić information content (AvgIpc) is 3.10. The third-order valence-electron chi connectivity index (χ3n) is 4.41. The third kappa shape index (κ3) is 8.19. The molecule has 1 aliphatic heterocycles. The Hall–Kier alpha value is -1.23. The van der Waals surface area contributed by atoms with Gasteiger partial charge in [0.15, 0.2) is 5.96 Å². The number of ether oxygens (including phenoxy) is 2. The normalized spacial score (nSPS) is 17.2. The molecular formula is C20H31F3IN3O2. The fraction of sp³-hybridized carbons (Fsp3) is 0.650. The Kier molecular flexibility index (Phi) is 10.5. The average molecular weight is 529 g/mol. The lowest BCUT2D eigenvalue weighted by molar-refractivity contribution is -0.138. The van der Waals surface area contributed by atoms with E-state index in [9.17, 15) is 13.2 Å². The molecule has 0 saturated carbocycles.